The van der Waals surface area contributed by atoms with Crippen molar-refractivity contribution < 1.29 is 9.53 Å². The van der Waals surface area contributed by atoms with E-state index in [4.69, 9.17) is 16.3 Å². The van der Waals surface area contributed by atoms with Crippen LogP contribution in [0, 0.1) is 5.92 Å². The first-order valence-corrected chi connectivity index (χ1v) is 6.17. The van der Waals surface area contributed by atoms with Crippen LogP contribution < -0.4 is 10.1 Å². The van der Waals surface area contributed by atoms with Crippen molar-refractivity contribution in [3.8, 4) is 5.75 Å². The molecule has 0 saturated carbocycles. The average Bonchev–Trinajstić information content (AvgIpc) is 2.63. The maximum Gasteiger partial charge on any atom is 0.220 e. The van der Waals surface area contributed by atoms with Gasteiger partial charge in [-0.1, -0.05) is 11.6 Å². The Balaban J connectivity index is 1.92. The minimum Gasteiger partial charge on any atom is -0.492 e. The van der Waals surface area contributed by atoms with Gasteiger partial charge in [-0.3, -0.25) is 4.79 Å². The highest BCUT2D eigenvalue weighted by atomic mass is 79.9. The van der Waals surface area contributed by atoms with Gasteiger partial charge in [-0.25, -0.2) is 0 Å². The molecular weight excluding hydrogens is 293 g/mol. The van der Waals surface area contributed by atoms with Gasteiger partial charge in [0.25, 0.3) is 0 Å². The summed E-state index contributed by atoms with van der Waals surface area (Å²) in [5.41, 5.74) is 0. The summed E-state index contributed by atoms with van der Waals surface area (Å²) in [6.07, 6.45) is 0.547. The minimum absolute atomic E-state index is 0.101. The van der Waals surface area contributed by atoms with Gasteiger partial charge in [0.1, 0.15) is 5.75 Å². The Kier molecular flexibility index (Phi) is 3.71. The average molecular weight is 305 g/mol. The van der Waals surface area contributed by atoms with Gasteiger partial charge < -0.3 is 10.1 Å². The van der Waals surface area contributed by atoms with Crippen molar-refractivity contribution >= 4 is 33.4 Å². The quantitative estimate of drug-likeness (QED) is 0.932. The van der Waals surface area contributed by atoms with E-state index >= 15 is 0 Å². The van der Waals surface area contributed by atoms with E-state index in [1.165, 1.54) is 0 Å². The van der Waals surface area contributed by atoms with Crippen LogP contribution in [0.25, 0.3) is 0 Å². The molecule has 1 aliphatic rings. The number of amides is 1. The van der Waals surface area contributed by atoms with Crippen molar-refractivity contribution in [3.05, 3.63) is 27.7 Å². The predicted molar refractivity (Wildman–Crippen MR) is 65.8 cm³/mol. The van der Waals surface area contributed by atoms with E-state index < -0.39 is 0 Å². The fraction of sp³-hybridized carbons (Fsp3) is 0.364. The van der Waals surface area contributed by atoms with Crippen molar-refractivity contribution in [3.63, 3.8) is 0 Å². The molecule has 1 amide bonds. The molecule has 1 aromatic rings. The largest absolute Gasteiger partial charge is 0.492 e. The van der Waals surface area contributed by atoms with Crippen LogP contribution in [-0.4, -0.2) is 19.1 Å². The third kappa shape index (κ3) is 2.89. The van der Waals surface area contributed by atoms with Gasteiger partial charge in [-0.2, -0.15) is 0 Å². The first kappa shape index (κ1) is 11.7. The summed E-state index contributed by atoms with van der Waals surface area (Å²) in [6.45, 7) is 1.24. The summed E-state index contributed by atoms with van der Waals surface area (Å²) < 4.78 is 6.46. The van der Waals surface area contributed by atoms with Crippen LogP contribution in [0.3, 0.4) is 0 Å². The number of benzene rings is 1. The van der Waals surface area contributed by atoms with E-state index in [2.05, 4.69) is 21.2 Å². The lowest BCUT2D eigenvalue weighted by Gasteiger charge is -2.11. The number of hydrogen-bond donors (Lipinski definition) is 1. The molecule has 1 N–H and O–H groups in total. The number of nitrogens with one attached hydrogen (secondary N) is 1. The molecule has 0 spiro atoms. The van der Waals surface area contributed by atoms with Gasteiger partial charge >= 0.3 is 0 Å². The van der Waals surface area contributed by atoms with E-state index in [-0.39, 0.29) is 11.8 Å². The maximum absolute atomic E-state index is 11.0. The van der Waals surface area contributed by atoms with Crippen LogP contribution in [0.1, 0.15) is 6.42 Å². The Labute approximate surface area is 107 Å². The Hall–Kier alpha value is -0.740. The molecule has 1 atom stereocenters. The highest BCUT2D eigenvalue weighted by Crippen LogP contribution is 2.28. The fourth-order valence-electron chi connectivity index (χ4n) is 1.58. The highest BCUT2D eigenvalue weighted by Gasteiger charge is 2.22. The summed E-state index contributed by atoms with van der Waals surface area (Å²) in [7, 11) is 0. The predicted octanol–water partition coefficient (Wildman–Crippen LogP) is 2.62. The van der Waals surface area contributed by atoms with Crippen LogP contribution in [0.5, 0.6) is 5.75 Å². The number of rotatable bonds is 3. The van der Waals surface area contributed by atoms with Crippen molar-refractivity contribution in [1.29, 1.82) is 0 Å². The third-order valence-electron chi connectivity index (χ3n) is 2.43. The summed E-state index contributed by atoms with van der Waals surface area (Å²) in [5.74, 6) is 1.11. The van der Waals surface area contributed by atoms with Crippen molar-refractivity contribution in [2.75, 3.05) is 13.2 Å². The minimum atomic E-state index is 0.101. The Morgan fingerprint density at radius 2 is 2.38 bits per heavy atom. The van der Waals surface area contributed by atoms with Crippen LogP contribution in [0.15, 0.2) is 22.7 Å². The monoisotopic (exact) mass is 303 g/mol. The third-order valence-corrected chi connectivity index (χ3v) is 3.29. The van der Waals surface area contributed by atoms with Crippen LogP contribution >= 0.6 is 27.5 Å². The van der Waals surface area contributed by atoms with Gasteiger partial charge in [0, 0.05) is 23.9 Å². The van der Waals surface area contributed by atoms with Gasteiger partial charge in [0.15, 0.2) is 0 Å². The normalized spacial score (nSPS) is 19.6. The molecule has 1 aromatic carbocycles. The van der Waals surface area contributed by atoms with E-state index in [9.17, 15) is 4.79 Å². The molecule has 3 nitrogen and oxygen atoms in total. The zero-order valence-corrected chi connectivity index (χ0v) is 10.8. The molecule has 1 unspecified atom stereocenters. The van der Waals surface area contributed by atoms with E-state index in [0.717, 1.165) is 10.2 Å². The molecule has 0 bridgehead atoms. The zero-order chi connectivity index (χ0) is 11.5. The number of halogens is 2. The molecule has 2 rings (SSSR count). The lowest BCUT2D eigenvalue weighted by molar-refractivity contribution is -0.119. The molecule has 0 aromatic heterocycles. The van der Waals surface area contributed by atoms with Gasteiger partial charge in [0.05, 0.1) is 11.1 Å². The van der Waals surface area contributed by atoms with Crippen molar-refractivity contribution in [1.82, 2.24) is 5.32 Å². The van der Waals surface area contributed by atoms with Crippen molar-refractivity contribution in [2.45, 2.75) is 6.42 Å². The molecular formula is C11H11BrClNO2. The lowest BCUT2D eigenvalue weighted by Crippen LogP contribution is -2.16. The van der Waals surface area contributed by atoms with Gasteiger partial charge in [0.2, 0.25) is 5.91 Å². The number of carbonyl (C=O) groups is 1. The first-order chi connectivity index (χ1) is 7.65. The van der Waals surface area contributed by atoms with Gasteiger partial charge in [-0.15, -0.1) is 0 Å². The molecule has 1 fully saturated rings. The maximum atomic E-state index is 11.0. The fourth-order valence-corrected chi connectivity index (χ4v) is 2.38. The number of hydrogen-bond acceptors (Lipinski definition) is 2. The second kappa shape index (κ2) is 5.06. The smallest absolute Gasteiger partial charge is 0.220 e. The SMILES string of the molecule is O=C1CC(COc2ccc(Cl)cc2Br)CN1. The molecule has 0 aliphatic carbocycles. The molecule has 86 valence electrons. The molecule has 1 heterocycles. The summed E-state index contributed by atoms with van der Waals surface area (Å²) >= 11 is 9.20. The standard InChI is InChI=1S/C11H11BrClNO2/c12-9-4-8(13)1-2-10(9)16-6-7-3-11(15)14-5-7/h1-2,4,7H,3,5-6H2,(H,14,15). The topological polar surface area (TPSA) is 38.3 Å². The lowest BCUT2D eigenvalue weighted by atomic mass is 10.1. The second-order valence-electron chi connectivity index (χ2n) is 3.76. The van der Waals surface area contributed by atoms with Crippen molar-refractivity contribution in [2.24, 2.45) is 5.92 Å². The summed E-state index contributed by atoms with van der Waals surface area (Å²) in [4.78, 5) is 11.0. The van der Waals surface area contributed by atoms with Crippen LogP contribution in [-0.2, 0) is 4.79 Å². The molecule has 1 aliphatic heterocycles. The highest BCUT2D eigenvalue weighted by molar-refractivity contribution is 9.10. The summed E-state index contributed by atoms with van der Waals surface area (Å²) in [5, 5.41) is 3.44. The van der Waals surface area contributed by atoms with Crippen LogP contribution in [0.4, 0.5) is 0 Å². The zero-order valence-electron chi connectivity index (χ0n) is 8.50. The van der Waals surface area contributed by atoms with E-state index in [1.807, 2.05) is 6.07 Å². The summed E-state index contributed by atoms with van der Waals surface area (Å²) in [6, 6.07) is 5.38. The van der Waals surface area contributed by atoms with Crippen LogP contribution in [0.2, 0.25) is 5.02 Å². The van der Waals surface area contributed by atoms with E-state index in [0.29, 0.717) is 24.6 Å². The Bertz CT molecular complexity index is 411. The Morgan fingerprint density at radius 1 is 1.56 bits per heavy atom. The van der Waals surface area contributed by atoms with E-state index in [1.54, 1.807) is 12.1 Å². The molecule has 0 radical (unpaired) electrons. The first-order valence-electron chi connectivity index (χ1n) is 4.99. The number of ether oxygens (including phenoxy) is 1. The molecule has 5 heteroatoms. The Morgan fingerprint density at radius 3 is 3.00 bits per heavy atom. The number of carbonyl (C=O) groups excluding carboxylic acids is 1. The van der Waals surface area contributed by atoms with Gasteiger partial charge in [-0.05, 0) is 34.1 Å². The molecule has 16 heavy (non-hydrogen) atoms. The molecule has 1 saturated heterocycles. The second-order valence-corrected chi connectivity index (χ2v) is 5.05.